The van der Waals surface area contributed by atoms with Crippen molar-refractivity contribution in [3.8, 4) is 0 Å². The van der Waals surface area contributed by atoms with Crippen LogP contribution in [0.5, 0.6) is 0 Å². The van der Waals surface area contributed by atoms with Gasteiger partial charge in [0.05, 0.1) is 9.90 Å². The van der Waals surface area contributed by atoms with E-state index in [4.69, 9.17) is 11.6 Å². The number of aryl methyl sites for hydroxylation is 2. The Hall–Kier alpha value is -1.19. The Morgan fingerprint density at radius 2 is 2.00 bits per heavy atom. The summed E-state index contributed by atoms with van der Waals surface area (Å²) < 4.78 is 13.3. The van der Waals surface area contributed by atoms with Crippen LogP contribution in [0, 0.1) is 19.7 Å². The fraction of sp³-hybridized carbons (Fsp3) is 0.154. The highest BCUT2D eigenvalue weighted by molar-refractivity contribution is 7.14. The van der Waals surface area contributed by atoms with Gasteiger partial charge < -0.3 is 0 Å². The Balaban J connectivity index is 2.44. The van der Waals surface area contributed by atoms with E-state index in [0.29, 0.717) is 10.4 Å². The lowest BCUT2D eigenvalue weighted by Crippen LogP contribution is -2.00. The molecule has 0 amide bonds. The smallest absolute Gasteiger partial charge is 0.203 e. The van der Waals surface area contributed by atoms with E-state index < -0.39 is 5.82 Å². The maximum Gasteiger partial charge on any atom is 0.203 e. The molecule has 0 saturated carbocycles. The van der Waals surface area contributed by atoms with E-state index in [9.17, 15) is 9.18 Å². The van der Waals surface area contributed by atoms with Crippen molar-refractivity contribution in [2.45, 2.75) is 13.8 Å². The summed E-state index contributed by atoms with van der Waals surface area (Å²) in [5, 5.41) is 0.0284. The van der Waals surface area contributed by atoms with E-state index in [1.165, 1.54) is 23.5 Å². The van der Waals surface area contributed by atoms with Crippen molar-refractivity contribution in [2.75, 3.05) is 0 Å². The highest BCUT2D eigenvalue weighted by atomic mass is 35.5. The van der Waals surface area contributed by atoms with E-state index in [0.717, 1.165) is 10.4 Å². The molecule has 1 aromatic heterocycles. The molecule has 0 aliphatic heterocycles. The molecule has 1 heterocycles. The van der Waals surface area contributed by atoms with Gasteiger partial charge in [0.1, 0.15) is 5.82 Å². The van der Waals surface area contributed by atoms with Crippen molar-refractivity contribution in [3.05, 3.63) is 56.0 Å². The van der Waals surface area contributed by atoms with Gasteiger partial charge in [-0.15, -0.1) is 11.3 Å². The molecule has 0 spiro atoms. The Morgan fingerprint density at radius 1 is 1.29 bits per heavy atom. The molecule has 0 unspecified atom stereocenters. The quantitative estimate of drug-likeness (QED) is 0.739. The van der Waals surface area contributed by atoms with E-state index in [-0.39, 0.29) is 10.8 Å². The summed E-state index contributed by atoms with van der Waals surface area (Å²) in [6, 6.07) is 6.07. The zero-order chi connectivity index (χ0) is 12.6. The summed E-state index contributed by atoms with van der Waals surface area (Å²) in [5.41, 5.74) is 1.25. The first-order chi connectivity index (χ1) is 7.99. The number of hydrogen-bond acceptors (Lipinski definition) is 2. The van der Waals surface area contributed by atoms with Gasteiger partial charge >= 0.3 is 0 Å². The number of thiophene rings is 1. The van der Waals surface area contributed by atoms with E-state index in [1.807, 2.05) is 19.9 Å². The molecule has 1 nitrogen and oxygen atoms in total. The van der Waals surface area contributed by atoms with Gasteiger partial charge in [0.15, 0.2) is 0 Å². The Morgan fingerprint density at radius 3 is 2.53 bits per heavy atom. The normalized spacial score (nSPS) is 10.6. The second-order valence-electron chi connectivity index (χ2n) is 3.83. The zero-order valence-corrected chi connectivity index (χ0v) is 11.0. The third-order valence-electron chi connectivity index (χ3n) is 2.43. The van der Waals surface area contributed by atoms with Crippen LogP contribution < -0.4 is 0 Å². The van der Waals surface area contributed by atoms with Crippen LogP contribution in [0.1, 0.15) is 25.7 Å². The summed E-state index contributed by atoms with van der Waals surface area (Å²) in [6.07, 6.45) is 0. The molecule has 1 aromatic carbocycles. The molecule has 88 valence electrons. The van der Waals surface area contributed by atoms with E-state index in [2.05, 4.69) is 0 Å². The van der Waals surface area contributed by atoms with Gasteiger partial charge in [-0.25, -0.2) is 4.39 Å². The van der Waals surface area contributed by atoms with Crippen molar-refractivity contribution in [2.24, 2.45) is 0 Å². The van der Waals surface area contributed by atoms with Crippen molar-refractivity contribution in [1.29, 1.82) is 0 Å². The van der Waals surface area contributed by atoms with Crippen LogP contribution in [0.15, 0.2) is 24.3 Å². The van der Waals surface area contributed by atoms with Gasteiger partial charge in [0.25, 0.3) is 0 Å². The van der Waals surface area contributed by atoms with Crippen molar-refractivity contribution in [3.63, 3.8) is 0 Å². The maximum atomic E-state index is 13.3. The lowest BCUT2D eigenvalue weighted by Gasteiger charge is -2.01. The average Bonchev–Trinajstić information content (AvgIpc) is 2.61. The predicted octanol–water partition coefficient (Wildman–Crippen LogP) is 4.39. The van der Waals surface area contributed by atoms with Crippen LogP contribution in [0.2, 0.25) is 5.02 Å². The lowest BCUT2D eigenvalue weighted by atomic mass is 10.1. The highest BCUT2D eigenvalue weighted by Gasteiger charge is 2.15. The SMILES string of the molecule is Cc1cc(C)c(C(=O)c2ccc(Cl)c(F)c2)s1. The standard InChI is InChI=1S/C13H10ClFOS/c1-7-5-8(2)17-13(7)12(16)9-3-4-10(14)11(15)6-9/h3-6H,1-2H3. The molecule has 4 heteroatoms. The van der Waals surface area contributed by atoms with Crippen LogP contribution in [0.4, 0.5) is 4.39 Å². The van der Waals surface area contributed by atoms with Gasteiger partial charge in [-0.05, 0) is 43.7 Å². The molecule has 17 heavy (non-hydrogen) atoms. The molecule has 0 atom stereocenters. The fourth-order valence-corrected chi connectivity index (χ4v) is 2.74. The van der Waals surface area contributed by atoms with Gasteiger partial charge in [-0.1, -0.05) is 11.6 Å². The molecule has 0 fully saturated rings. The number of rotatable bonds is 2. The van der Waals surface area contributed by atoms with Crippen LogP contribution >= 0.6 is 22.9 Å². The average molecular weight is 269 g/mol. The van der Waals surface area contributed by atoms with Crippen LogP contribution in [0.3, 0.4) is 0 Å². The Kier molecular flexibility index (Phi) is 3.31. The fourth-order valence-electron chi connectivity index (χ4n) is 1.64. The number of benzene rings is 1. The molecule has 0 N–H and O–H groups in total. The van der Waals surface area contributed by atoms with Crippen molar-refractivity contribution >= 4 is 28.7 Å². The first-order valence-electron chi connectivity index (χ1n) is 5.06. The minimum absolute atomic E-state index is 0.0284. The number of halogens is 2. The molecule has 0 aliphatic rings. The van der Waals surface area contributed by atoms with Crippen molar-refractivity contribution in [1.82, 2.24) is 0 Å². The monoisotopic (exact) mass is 268 g/mol. The van der Waals surface area contributed by atoms with Gasteiger partial charge in [0.2, 0.25) is 5.78 Å². The molecular weight excluding hydrogens is 259 g/mol. The topological polar surface area (TPSA) is 17.1 Å². The maximum absolute atomic E-state index is 13.3. The first-order valence-corrected chi connectivity index (χ1v) is 6.25. The Labute approximate surface area is 108 Å². The molecule has 0 bridgehead atoms. The Bertz CT molecular complexity index is 589. The number of hydrogen-bond donors (Lipinski definition) is 0. The predicted molar refractivity (Wildman–Crippen MR) is 68.6 cm³/mol. The summed E-state index contributed by atoms with van der Waals surface area (Å²) in [7, 11) is 0. The van der Waals surface area contributed by atoms with Crippen molar-refractivity contribution < 1.29 is 9.18 Å². The van der Waals surface area contributed by atoms with Gasteiger partial charge in [-0.2, -0.15) is 0 Å². The minimum atomic E-state index is -0.566. The van der Waals surface area contributed by atoms with Crippen LogP contribution in [-0.2, 0) is 0 Å². The van der Waals surface area contributed by atoms with E-state index >= 15 is 0 Å². The minimum Gasteiger partial charge on any atom is -0.288 e. The summed E-state index contributed by atoms with van der Waals surface area (Å²) in [5.74, 6) is -0.723. The summed E-state index contributed by atoms with van der Waals surface area (Å²) in [6.45, 7) is 3.82. The molecular formula is C13H10ClFOS. The lowest BCUT2D eigenvalue weighted by molar-refractivity contribution is 0.104. The summed E-state index contributed by atoms with van der Waals surface area (Å²) >= 11 is 7.01. The molecule has 0 radical (unpaired) electrons. The number of carbonyl (C=O) groups is 1. The van der Waals surface area contributed by atoms with E-state index in [1.54, 1.807) is 6.07 Å². The highest BCUT2D eigenvalue weighted by Crippen LogP contribution is 2.25. The number of carbonyl (C=O) groups excluding carboxylic acids is 1. The third-order valence-corrected chi connectivity index (χ3v) is 3.89. The zero-order valence-electron chi connectivity index (χ0n) is 9.38. The molecule has 2 rings (SSSR count). The van der Waals surface area contributed by atoms with Crippen LogP contribution in [-0.4, -0.2) is 5.78 Å². The second-order valence-corrected chi connectivity index (χ2v) is 5.49. The van der Waals surface area contributed by atoms with Gasteiger partial charge in [-0.3, -0.25) is 4.79 Å². The largest absolute Gasteiger partial charge is 0.288 e. The molecule has 0 saturated heterocycles. The summed E-state index contributed by atoms with van der Waals surface area (Å²) in [4.78, 5) is 13.9. The number of ketones is 1. The first kappa shape index (κ1) is 12.3. The third kappa shape index (κ3) is 2.40. The van der Waals surface area contributed by atoms with Crippen LogP contribution in [0.25, 0.3) is 0 Å². The van der Waals surface area contributed by atoms with Gasteiger partial charge in [0, 0.05) is 10.4 Å². The molecule has 0 aliphatic carbocycles. The molecule has 2 aromatic rings. The second kappa shape index (κ2) is 4.59.